The van der Waals surface area contributed by atoms with Crippen molar-refractivity contribution in [2.75, 3.05) is 37.2 Å². The molecule has 192 valence electrons. The number of anilines is 1. The van der Waals surface area contributed by atoms with Crippen molar-refractivity contribution in [2.45, 2.75) is 96.2 Å². The molecular weight excluding hydrogens is 470 g/mol. The van der Waals surface area contributed by atoms with Gasteiger partial charge in [-0.15, -0.1) is 11.3 Å². The van der Waals surface area contributed by atoms with Crippen LogP contribution < -0.4 is 5.32 Å². The van der Waals surface area contributed by atoms with Crippen LogP contribution in [0.2, 0.25) is 0 Å². The lowest BCUT2D eigenvalue weighted by atomic mass is 9.89. The lowest BCUT2D eigenvalue weighted by molar-refractivity contribution is 0.114. The topological polar surface area (TPSA) is 85.9 Å². The molecule has 0 spiro atoms. The first-order valence-electron chi connectivity index (χ1n) is 13.2. The third-order valence-corrected chi connectivity index (χ3v) is 10.5. The van der Waals surface area contributed by atoms with Crippen LogP contribution >= 0.6 is 11.3 Å². The Balaban J connectivity index is 1.32. The third kappa shape index (κ3) is 6.71. The second-order valence-electron chi connectivity index (χ2n) is 10.0. The smallest absolute Gasteiger partial charge is 0.319 e. The van der Waals surface area contributed by atoms with Crippen LogP contribution in [0, 0.1) is 0 Å². The molecule has 10 heteroatoms. The first kappa shape index (κ1) is 25.9. The molecule has 0 bridgehead atoms. The van der Waals surface area contributed by atoms with Gasteiger partial charge in [0, 0.05) is 55.9 Å². The minimum Gasteiger partial charge on any atom is -0.319 e. The number of nitrogens with zero attached hydrogens (tertiary/aromatic N) is 4. The highest BCUT2D eigenvalue weighted by atomic mass is 32.2. The van der Waals surface area contributed by atoms with Crippen LogP contribution in [0.25, 0.3) is 0 Å². The molecule has 1 N–H and O–H groups in total. The number of aromatic nitrogens is 1. The Bertz CT molecular complexity index is 868. The molecule has 2 amide bonds. The maximum absolute atomic E-state index is 13.4. The molecule has 0 unspecified atom stereocenters. The molecule has 1 aliphatic heterocycles. The van der Waals surface area contributed by atoms with Gasteiger partial charge in [0.25, 0.3) is 0 Å². The van der Waals surface area contributed by atoms with Gasteiger partial charge in [-0.2, -0.15) is 4.31 Å². The first-order chi connectivity index (χ1) is 16.5. The Labute approximate surface area is 209 Å². The van der Waals surface area contributed by atoms with Crippen molar-refractivity contribution in [2.24, 2.45) is 0 Å². The molecule has 3 fully saturated rings. The van der Waals surface area contributed by atoms with Crippen molar-refractivity contribution < 1.29 is 13.2 Å². The van der Waals surface area contributed by atoms with Crippen LogP contribution in [0.15, 0.2) is 6.20 Å². The van der Waals surface area contributed by atoms with Crippen molar-refractivity contribution in [3.05, 3.63) is 11.1 Å². The number of amides is 2. The monoisotopic (exact) mass is 511 g/mol. The van der Waals surface area contributed by atoms with E-state index in [1.807, 2.05) is 13.1 Å². The summed E-state index contributed by atoms with van der Waals surface area (Å²) in [5.74, 6) is 0.226. The molecule has 2 heterocycles. The highest BCUT2D eigenvalue weighted by Gasteiger charge is 2.33. The van der Waals surface area contributed by atoms with Gasteiger partial charge in [0.1, 0.15) is 0 Å². The summed E-state index contributed by atoms with van der Waals surface area (Å²) in [6, 6.07) is 0.738. The SMILES string of the molecule is CCCS(=O)(=O)N1CCN(Cc2cnc(NC(=O)N(C3CCCCC3)C3CCCCC3)s2)CC1. The summed E-state index contributed by atoms with van der Waals surface area (Å²) < 4.78 is 26.2. The Hall–Kier alpha value is -1.23. The highest BCUT2D eigenvalue weighted by Crippen LogP contribution is 2.31. The van der Waals surface area contributed by atoms with Gasteiger partial charge < -0.3 is 4.90 Å². The minimum absolute atomic E-state index is 0.0226. The van der Waals surface area contributed by atoms with Gasteiger partial charge in [-0.25, -0.2) is 18.2 Å². The van der Waals surface area contributed by atoms with Crippen LogP contribution in [-0.4, -0.2) is 77.6 Å². The first-order valence-corrected chi connectivity index (χ1v) is 15.6. The lowest BCUT2D eigenvalue weighted by Crippen LogP contribution is -2.50. The number of piperazine rings is 1. The van der Waals surface area contributed by atoms with Crippen LogP contribution in [0.4, 0.5) is 9.93 Å². The van der Waals surface area contributed by atoms with Crippen molar-refractivity contribution in [1.29, 1.82) is 0 Å². The van der Waals surface area contributed by atoms with E-state index in [-0.39, 0.29) is 11.8 Å². The molecule has 1 aromatic heterocycles. The Morgan fingerprint density at radius 2 is 1.62 bits per heavy atom. The predicted molar refractivity (Wildman–Crippen MR) is 138 cm³/mol. The quantitative estimate of drug-likeness (QED) is 0.555. The number of sulfonamides is 1. The van der Waals surface area contributed by atoms with Gasteiger partial charge in [0.05, 0.1) is 5.75 Å². The summed E-state index contributed by atoms with van der Waals surface area (Å²) in [5, 5.41) is 3.79. The van der Waals surface area contributed by atoms with Gasteiger partial charge in [-0.3, -0.25) is 10.2 Å². The van der Waals surface area contributed by atoms with E-state index in [4.69, 9.17) is 0 Å². The number of carbonyl (C=O) groups is 1. The normalized spacial score (nSPS) is 22.0. The number of hydrogen-bond donors (Lipinski definition) is 1. The third-order valence-electron chi connectivity index (χ3n) is 7.50. The summed E-state index contributed by atoms with van der Waals surface area (Å²) in [6.45, 7) is 5.17. The maximum Gasteiger partial charge on any atom is 0.324 e. The van der Waals surface area contributed by atoms with Crippen molar-refractivity contribution in [3.8, 4) is 0 Å². The Morgan fingerprint density at radius 3 is 2.18 bits per heavy atom. The zero-order valence-corrected chi connectivity index (χ0v) is 22.2. The van der Waals surface area contributed by atoms with Crippen LogP contribution in [0.5, 0.6) is 0 Å². The number of rotatable bonds is 8. The van der Waals surface area contributed by atoms with Crippen molar-refractivity contribution >= 4 is 32.5 Å². The van der Waals surface area contributed by atoms with Crippen LogP contribution in [0.3, 0.4) is 0 Å². The fraction of sp³-hybridized carbons (Fsp3) is 0.833. The fourth-order valence-corrected chi connectivity index (χ4v) is 8.05. The summed E-state index contributed by atoms with van der Waals surface area (Å²) in [7, 11) is -3.12. The number of urea groups is 1. The van der Waals surface area contributed by atoms with Gasteiger partial charge in [0.15, 0.2) is 5.13 Å². The van der Waals surface area contributed by atoms with Gasteiger partial charge in [-0.05, 0) is 32.1 Å². The van der Waals surface area contributed by atoms with Crippen molar-refractivity contribution in [3.63, 3.8) is 0 Å². The molecule has 0 atom stereocenters. The molecule has 3 aliphatic rings. The Morgan fingerprint density at radius 1 is 1.03 bits per heavy atom. The molecule has 8 nitrogen and oxygen atoms in total. The summed E-state index contributed by atoms with van der Waals surface area (Å²) in [4.78, 5) is 23.4. The standard InChI is InChI=1S/C24H41N5O3S2/c1-2-17-34(31,32)28-15-13-27(14-16-28)19-22-18-25-23(33-22)26-24(30)29(20-9-5-3-6-10-20)21-11-7-4-8-12-21/h18,20-21H,2-17,19H2,1H3,(H,25,26,30). The van der Waals surface area contributed by atoms with E-state index < -0.39 is 10.0 Å². The number of nitrogens with one attached hydrogen (secondary N) is 1. The van der Waals surface area contributed by atoms with E-state index >= 15 is 0 Å². The van der Waals surface area contributed by atoms with Gasteiger partial charge in [0.2, 0.25) is 10.0 Å². The van der Waals surface area contributed by atoms with E-state index in [0.29, 0.717) is 36.7 Å². The molecule has 2 aliphatic carbocycles. The van der Waals surface area contributed by atoms with Crippen molar-refractivity contribution in [1.82, 2.24) is 19.1 Å². The number of hydrogen-bond acceptors (Lipinski definition) is 6. The van der Waals surface area contributed by atoms with Gasteiger partial charge >= 0.3 is 6.03 Å². The van der Waals surface area contributed by atoms with E-state index in [9.17, 15) is 13.2 Å². The zero-order chi connectivity index (χ0) is 24.0. The molecule has 4 rings (SSSR count). The molecular formula is C24H41N5O3S2. The second-order valence-corrected chi connectivity index (χ2v) is 13.2. The summed E-state index contributed by atoms with van der Waals surface area (Å²) in [5.41, 5.74) is 0. The molecule has 34 heavy (non-hydrogen) atoms. The van der Waals surface area contributed by atoms with Gasteiger partial charge in [-0.1, -0.05) is 45.4 Å². The van der Waals surface area contributed by atoms with E-state index in [0.717, 1.165) is 50.2 Å². The lowest BCUT2D eigenvalue weighted by Gasteiger charge is -2.41. The maximum atomic E-state index is 13.4. The predicted octanol–water partition coefficient (Wildman–Crippen LogP) is 4.50. The Kier molecular flexibility index (Phi) is 9.23. The fourth-order valence-electron chi connectivity index (χ4n) is 5.72. The van der Waals surface area contributed by atoms with Crippen LogP contribution in [-0.2, 0) is 16.6 Å². The molecule has 1 aromatic rings. The average molecular weight is 512 g/mol. The van der Waals surface area contributed by atoms with E-state index in [1.165, 1.54) is 49.9 Å². The average Bonchev–Trinajstić information content (AvgIpc) is 3.27. The molecule has 2 saturated carbocycles. The molecule has 0 radical (unpaired) electrons. The largest absolute Gasteiger partial charge is 0.324 e. The van der Waals surface area contributed by atoms with E-state index in [2.05, 4.69) is 20.1 Å². The minimum atomic E-state index is -3.12. The summed E-state index contributed by atoms with van der Waals surface area (Å²) >= 11 is 1.54. The number of thiazole rings is 1. The zero-order valence-electron chi connectivity index (χ0n) is 20.6. The number of carbonyl (C=O) groups excluding carboxylic acids is 1. The van der Waals surface area contributed by atoms with E-state index in [1.54, 1.807) is 4.31 Å². The molecule has 0 aromatic carbocycles. The molecule has 1 saturated heterocycles. The van der Waals surface area contributed by atoms with Crippen LogP contribution in [0.1, 0.15) is 82.4 Å². The second kappa shape index (κ2) is 12.1. The summed E-state index contributed by atoms with van der Waals surface area (Å²) in [6.07, 6.45) is 14.4. The highest BCUT2D eigenvalue weighted by molar-refractivity contribution is 7.89.